The van der Waals surface area contributed by atoms with Crippen LogP contribution in [0.15, 0.2) is 42.6 Å². The third kappa shape index (κ3) is 9.54. The van der Waals surface area contributed by atoms with Crippen LogP contribution in [0.25, 0.3) is 0 Å². The van der Waals surface area contributed by atoms with Crippen molar-refractivity contribution in [3.05, 3.63) is 53.9 Å². The van der Waals surface area contributed by atoms with Crippen LogP contribution in [0, 0.1) is 17.8 Å². The van der Waals surface area contributed by atoms with Gasteiger partial charge in [0.15, 0.2) is 17.2 Å². The van der Waals surface area contributed by atoms with Crippen molar-refractivity contribution in [2.45, 2.75) is 65.8 Å². The monoisotopic (exact) mass is 571 g/mol. The van der Waals surface area contributed by atoms with Gasteiger partial charge < -0.3 is 28.4 Å². The van der Waals surface area contributed by atoms with Gasteiger partial charge in [-0.15, -0.1) is 0 Å². The standard InChI is InChI=1S/C31H41NO9/c1-19(2)16-38-28-21(5)40-30(34)24(18-37-17-23(28)14-22-10-8-7-9-11-22)15-25(33)27-29(26(36-6)12-13-32-27)41-31(35)39-20(3)4/h7-13,19-21,23-24,28H,14-18H2,1-6H3/t21-,23-,24-,28-/m0/s1. The maximum absolute atomic E-state index is 13.4. The van der Waals surface area contributed by atoms with Crippen LogP contribution < -0.4 is 9.47 Å². The number of benzene rings is 1. The number of ketones is 1. The molecule has 1 aliphatic rings. The van der Waals surface area contributed by atoms with E-state index < -0.39 is 42.1 Å². The maximum atomic E-state index is 13.4. The number of esters is 1. The smallest absolute Gasteiger partial charge is 0.493 e. The minimum atomic E-state index is -1.00. The van der Waals surface area contributed by atoms with Crippen LogP contribution in [0.3, 0.4) is 0 Å². The molecule has 1 fully saturated rings. The van der Waals surface area contributed by atoms with Gasteiger partial charge in [-0.05, 0) is 38.7 Å². The predicted octanol–water partition coefficient (Wildman–Crippen LogP) is 5.07. The lowest BCUT2D eigenvalue weighted by atomic mass is 9.91. The summed E-state index contributed by atoms with van der Waals surface area (Å²) in [4.78, 5) is 43.0. The van der Waals surface area contributed by atoms with E-state index >= 15 is 0 Å². The maximum Gasteiger partial charge on any atom is 0.514 e. The lowest BCUT2D eigenvalue weighted by Gasteiger charge is -2.31. The Bertz CT molecular complexity index is 1150. The van der Waals surface area contributed by atoms with E-state index in [1.807, 2.05) is 30.3 Å². The highest BCUT2D eigenvalue weighted by molar-refractivity contribution is 6.00. The third-order valence-electron chi connectivity index (χ3n) is 6.48. The number of cyclic esters (lactones) is 1. The molecule has 0 saturated carbocycles. The van der Waals surface area contributed by atoms with Crippen LogP contribution in [-0.4, -0.2) is 68.1 Å². The summed E-state index contributed by atoms with van der Waals surface area (Å²) in [5.74, 6) is -1.87. The van der Waals surface area contributed by atoms with Gasteiger partial charge in [0.25, 0.3) is 0 Å². The molecule has 224 valence electrons. The van der Waals surface area contributed by atoms with E-state index in [1.165, 1.54) is 19.4 Å². The van der Waals surface area contributed by atoms with Crippen molar-refractivity contribution in [3.63, 3.8) is 0 Å². The summed E-state index contributed by atoms with van der Waals surface area (Å²) in [6, 6.07) is 11.5. The van der Waals surface area contributed by atoms with E-state index in [1.54, 1.807) is 20.8 Å². The molecule has 4 atom stereocenters. The Kier molecular flexibility index (Phi) is 12.1. The van der Waals surface area contributed by atoms with Crippen molar-refractivity contribution in [3.8, 4) is 11.5 Å². The fourth-order valence-corrected chi connectivity index (χ4v) is 4.57. The van der Waals surface area contributed by atoms with Crippen LogP contribution in [0.2, 0.25) is 0 Å². The Morgan fingerprint density at radius 2 is 1.80 bits per heavy atom. The first-order valence-electron chi connectivity index (χ1n) is 14.0. The second-order valence-corrected chi connectivity index (χ2v) is 10.9. The van der Waals surface area contributed by atoms with Crippen molar-refractivity contribution >= 4 is 17.9 Å². The zero-order valence-corrected chi connectivity index (χ0v) is 24.7. The number of methoxy groups -OCH3 is 1. The van der Waals surface area contributed by atoms with Crippen molar-refractivity contribution in [1.29, 1.82) is 0 Å². The van der Waals surface area contributed by atoms with Gasteiger partial charge in [0.05, 0.1) is 38.4 Å². The number of nitrogens with zero attached hydrogens (tertiary/aromatic N) is 1. The van der Waals surface area contributed by atoms with Gasteiger partial charge >= 0.3 is 12.1 Å². The molecule has 1 saturated heterocycles. The molecule has 3 rings (SSSR count). The Labute approximate surface area is 241 Å². The Hall–Kier alpha value is -3.50. The lowest BCUT2D eigenvalue weighted by molar-refractivity contribution is -0.163. The lowest BCUT2D eigenvalue weighted by Crippen LogP contribution is -2.40. The van der Waals surface area contributed by atoms with Crippen LogP contribution >= 0.6 is 0 Å². The molecule has 1 aliphatic heterocycles. The predicted molar refractivity (Wildman–Crippen MR) is 150 cm³/mol. The van der Waals surface area contributed by atoms with Crippen LogP contribution in [0.5, 0.6) is 11.5 Å². The van der Waals surface area contributed by atoms with E-state index in [0.29, 0.717) is 25.6 Å². The van der Waals surface area contributed by atoms with E-state index in [2.05, 4.69) is 18.8 Å². The van der Waals surface area contributed by atoms with Crippen molar-refractivity contribution in [2.24, 2.45) is 17.8 Å². The Morgan fingerprint density at radius 3 is 2.46 bits per heavy atom. The average molecular weight is 572 g/mol. The number of rotatable bonds is 11. The summed E-state index contributed by atoms with van der Waals surface area (Å²) in [7, 11) is 1.37. The molecular formula is C31H41NO9. The fraction of sp³-hybridized carbons (Fsp3) is 0.548. The number of hydrogen-bond donors (Lipinski definition) is 0. The van der Waals surface area contributed by atoms with E-state index in [-0.39, 0.29) is 36.1 Å². The molecular weight excluding hydrogens is 530 g/mol. The van der Waals surface area contributed by atoms with Crippen LogP contribution in [-0.2, 0) is 30.2 Å². The Morgan fingerprint density at radius 1 is 1.07 bits per heavy atom. The summed E-state index contributed by atoms with van der Waals surface area (Å²) in [5, 5.41) is 0. The molecule has 1 aromatic carbocycles. The zero-order chi connectivity index (χ0) is 29.9. The van der Waals surface area contributed by atoms with Crippen molar-refractivity contribution in [2.75, 3.05) is 26.9 Å². The highest BCUT2D eigenvalue weighted by Crippen LogP contribution is 2.32. The normalized spacial score (nSPS) is 21.4. The second kappa shape index (κ2) is 15.5. The molecule has 2 aromatic rings. The molecule has 2 heterocycles. The number of carbonyl (C=O) groups excluding carboxylic acids is 3. The summed E-state index contributed by atoms with van der Waals surface area (Å²) < 4.78 is 33.8. The fourth-order valence-electron chi connectivity index (χ4n) is 4.57. The molecule has 0 unspecified atom stereocenters. The second-order valence-electron chi connectivity index (χ2n) is 10.9. The quantitative estimate of drug-likeness (QED) is 0.267. The summed E-state index contributed by atoms with van der Waals surface area (Å²) in [5.41, 5.74) is 0.960. The molecule has 0 spiro atoms. The molecule has 0 aliphatic carbocycles. The summed E-state index contributed by atoms with van der Waals surface area (Å²) in [6.45, 7) is 10.0. The Balaban J connectivity index is 1.81. The van der Waals surface area contributed by atoms with E-state index in [4.69, 9.17) is 28.4 Å². The number of carbonyl (C=O) groups is 3. The molecule has 41 heavy (non-hydrogen) atoms. The van der Waals surface area contributed by atoms with Gasteiger partial charge in [0.2, 0.25) is 5.75 Å². The van der Waals surface area contributed by atoms with Crippen LogP contribution in [0.4, 0.5) is 4.79 Å². The number of Topliss-reactive ketones (excluding diaryl/α,β-unsaturated/α-hetero) is 1. The molecule has 10 nitrogen and oxygen atoms in total. The van der Waals surface area contributed by atoms with Gasteiger partial charge in [-0.25, -0.2) is 9.78 Å². The van der Waals surface area contributed by atoms with E-state index in [0.717, 1.165) is 5.56 Å². The highest BCUT2D eigenvalue weighted by Gasteiger charge is 2.36. The first kappa shape index (κ1) is 32.0. The van der Waals surface area contributed by atoms with Crippen molar-refractivity contribution in [1.82, 2.24) is 4.98 Å². The molecule has 0 N–H and O–H groups in total. The molecule has 10 heteroatoms. The first-order chi connectivity index (χ1) is 19.6. The van der Waals surface area contributed by atoms with Gasteiger partial charge in [-0.3, -0.25) is 9.59 Å². The molecule has 1 aromatic heterocycles. The minimum Gasteiger partial charge on any atom is -0.493 e. The van der Waals surface area contributed by atoms with E-state index in [9.17, 15) is 14.4 Å². The van der Waals surface area contributed by atoms with Gasteiger partial charge in [-0.2, -0.15) is 0 Å². The minimum absolute atomic E-state index is 0.0327. The van der Waals surface area contributed by atoms with Crippen LogP contribution in [0.1, 0.15) is 57.1 Å². The first-order valence-corrected chi connectivity index (χ1v) is 14.0. The summed E-state index contributed by atoms with van der Waals surface area (Å²) in [6.07, 6.45) is -0.653. The molecule has 0 bridgehead atoms. The highest BCUT2D eigenvalue weighted by atomic mass is 16.7. The van der Waals surface area contributed by atoms with Gasteiger partial charge in [0, 0.05) is 31.2 Å². The van der Waals surface area contributed by atoms with Gasteiger partial charge in [-0.1, -0.05) is 44.2 Å². The number of pyridine rings is 1. The SMILES string of the molecule is COc1ccnc(C(=O)C[C@H]2COC[C@H](Cc3ccccc3)[C@@H](OCC(C)C)[C@H](C)OC2=O)c1OC(=O)OC(C)C. The topological polar surface area (TPSA) is 119 Å². The average Bonchev–Trinajstić information content (AvgIpc) is 2.96. The number of hydrogen-bond acceptors (Lipinski definition) is 10. The zero-order valence-electron chi connectivity index (χ0n) is 24.7. The number of aromatic nitrogens is 1. The summed E-state index contributed by atoms with van der Waals surface area (Å²) >= 11 is 0. The largest absolute Gasteiger partial charge is 0.514 e. The third-order valence-corrected chi connectivity index (χ3v) is 6.48. The van der Waals surface area contributed by atoms with Crippen molar-refractivity contribution < 1.29 is 42.8 Å². The number of ether oxygens (including phenoxy) is 6. The molecule has 0 amide bonds. The van der Waals surface area contributed by atoms with Gasteiger partial charge in [0.1, 0.15) is 6.10 Å². The molecule has 0 radical (unpaired) electrons.